The van der Waals surface area contributed by atoms with Crippen molar-refractivity contribution in [2.24, 2.45) is 11.8 Å². The van der Waals surface area contributed by atoms with Crippen LogP contribution < -0.4 is 10.6 Å². The van der Waals surface area contributed by atoms with Gasteiger partial charge in [-0.05, 0) is 49.4 Å². The smallest absolute Gasteiger partial charge is 0.224 e. The lowest BCUT2D eigenvalue weighted by molar-refractivity contribution is -0.124. The molecule has 2 heterocycles. The minimum absolute atomic E-state index is 0.144. The van der Waals surface area contributed by atoms with Gasteiger partial charge in [0.05, 0.1) is 5.92 Å². The van der Waals surface area contributed by atoms with Crippen molar-refractivity contribution >= 4 is 5.91 Å². The molecule has 4 heteroatoms. The fourth-order valence-corrected chi connectivity index (χ4v) is 3.76. The highest BCUT2D eigenvalue weighted by Crippen LogP contribution is 2.19. The molecule has 0 unspecified atom stereocenters. The number of likely N-dealkylation sites (tertiary alicyclic amines) is 1. The van der Waals surface area contributed by atoms with Crippen LogP contribution in [0.4, 0.5) is 0 Å². The molecule has 0 saturated carbocycles. The van der Waals surface area contributed by atoms with E-state index in [2.05, 4.69) is 46.7 Å². The van der Waals surface area contributed by atoms with E-state index in [9.17, 15) is 4.79 Å². The van der Waals surface area contributed by atoms with Gasteiger partial charge in [-0.2, -0.15) is 0 Å². The van der Waals surface area contributed by atoms with Gasteiger partial charge in [-0.1, -0.05) is 31.2 Å². The molecule has 2 N–H and O–H groups in total. The normalized spacial score (nSPS) is 25.4. The second-order valence-electron chi connectivity index (χ2n) is 7.16. The third kappa shape index (κ3) is 4.55. The Balaban J connectivity index is 1.57. The number of carbonyl (C=O) groups excluding carboxylic acids is 1. The monoisotopic (exact) mass is 315 g/mol. The fraction of sp³-hybridized carbons (Fsp3) is 0.632. The average Bonchev–Trinajstić information content (AvgIpc) is 3.08. The molecule has 1 aromatic carbocycles. The summed E-state index contributed by atoms with van der Waals surface area (Å²) in [5, 5.41) is 6.38. The van der Waals surface area contributed by atoms with Gasteiger partial charge >= 0.3 is 0 Å². The summed E-state index contributed by atoms with van der Waals surface area (Å²) >= 11 is 0. The third-order valence-corrected chi connectivity index (χ3v) is 5.14. The van der Waals surface area contributed by atoms with Crippen LogP contribution in [0.25, 0.3) is 0 Å². The number of rotatable bonds is 5. The maximum Gasteiger partial charge on any atom is 0.224 e. The summed E-state index contributed by atoms with van der Waals surface area (Å²) in [6.45, 7) is 8.15. The number of hydrogen-bond acceptors (Lipinski definition) is 3. The van der Waals surface area contributed by atoms with E-state index in [4.69, 9.17) is 0 Å². The van der Waals surface area contributed by atoms with Crippen LogP contribution in [0.2, 0.25) is 0 Å². The van der Waals surface area contributed by atoms with Crippen LogP contribution in [0.5, 0.6) is 0 Å². The van der Waals surface area contributed by atoms with Crippen LogP contribution in [0.1, 0.15) is 37.3 Å². The molecule has 126 valence electrons. The summed E-state index contributed by atoms with van der Waals surface area (Å²) in [5.41, 5.74) is 2.61. The molecule has 23 heavy (non-hydrogen) atoms. The molecule has 0 bridgehead atoms. The molecular formula is C19H29N3O. The molecule has 2 fully saturated rings. The molecule has 2 atom stereocenters. The van der Waals surface area contributed by atoms with Gasteiger partial charge in [0.25, 0.3) is 0 Å². The van der Waals surface area contributed by atoms with E-state index >= 15 is 0 Å². The Hall–Kier alpha value is -1.39. The van der Waals surface area contributed by atoms with E-state index < -0.39 is 0 Å². The van der Waals surface area contributed by atoms with Gasteiger partial charge in [-0.15, -0.1) is 0 Å². The first-order valence-corrected chi connectivity index (χ1v) is 9.00. The summed E-state index contributed by atoms with van der Waals surface area (Å²) in [7, 11) is 0. The highest BCUT2D eigenvalue weighted by molar-refractivity contribution is 5.79. The van der Waals surface area contributed by atoms with Crippen molar-refractivity contribution in [1.29, 1.82) is 0 Å². The molecule has 2 aliphatic heterocycles. The van der Waals surface area contributed by atoms with Crippen molar-refractivity contribution < 1.29 is 4.79 Å². The van der Waals surface area contributed by atoms with Crippen LogP contribution in [0.15, 0.2) is 24.3 Å². The fourth-order valence-electron chi connectivity index (χ4n) is 3.76. The molecular weight excluding hydrogens is 286 g/mol. The number of nitrogens with one attached hydrogen (secondary N) is 2. The van der Waals surface area contributed by atoms with Crippen molar-refractivity contribution in [2.75, 3.05) is 26.2 Å². The van der Waals surface area contributed by atoms with Crippen molar-refractivity contribution in [3.63, 3.8) is 0 Å². The van der Waals surface area contributed by atoms with Crippen molar-refractivity contribution in [1.82, 2.24) is 15.5 Å². The van der Waals surface area contributed by atoms with Gasteiger partial charge in [0, 0.05) is 26.2 Å². The third-order valence-electron chi connectivity index (χ3n) is 5.14. The van der Waals surface area contributed by atoms with Crippen molar-refractivity contribution in [3.05, 3.63) is 35.4 Å². The first-order valence-electron chi connectivity index (χ1n) is 9.00. The molecule has 2 aliphatic rings. The predicted octanol–water partition coefficient (Wildman–Crippen LogP) is 2.14. The zero-order valence-corrected chi connectivity index (χ0v) is 14.2. The molecule has 0 radical (unpaired) electrons. The maximum absolute atomic E-state index is 12.2. The second-order valence-corrected chi connectivity index (χ2v) is 7.16. The van der Waals surface area contributed by atoms with Gasteiger partial charge < -0.3 is 10.6 Å². The summed E-state index contributed by atoms with van der Waals surface area (Å²) in [4.78, 5) is 14.8. The lowest BCUT2D eigenvalue weighted by atomic mass is 9.99. The summed E-state index contributed by atoms with van der Waals surface area (Å²) in [6, 6.07) is 8.53. The molecule has 0 aliphatic carbocycles. The quantitative estimate of drug-likeness (QED) is 0.875. The Morgan fingerprint density at radius 1 is 1.30 bits per heavy atom. The molecule has 4 nitrogen and oxygen atoms in total. The number of piperidine rings is 1. The Morgan fingerprint density at radius 3 is 2.87 bits per heavy atom. The van der Waals surface area contributed by atoms with Crippen LogP contribution in [-0.4, -0.2) is 37.0 Å². The topological polar surface area (TPSA) is 44.4 Å². The minimum Gasteiger partial charge on any atom is -0.352 e. The zero-order chi connectivity index (χ0) is 16.1. The molecule has 1 amide bonds. The highest BCUT2D eigenvalue weighted by atomic mass is 16.1. The Kier molecular flexibility index (Phi) is 5.68. The van der Waals surface area contributed by atoms with E-state index in [0.717, 1.165) is 32.0 Å². The van der Waals surface area contributed by atoms with Crippen molar-refractivity contribution in [2.45, 2.75) is 39.3 Å². The second kappa shape index (κ2) is 7.93. The molecule has 0 aromatic heterocycles. The summed E-state index contributed by atoms with van der Waals surface area (Å²) < 4.78 is 0. The van der Waals surface area contributed by atoms with Gasteiger partial charge in [0.1, 0.15) is 0 Å². The predicted molar refractivity (Wildman–Crippen MR) is 92.9 cm³/mol. The van der Waals surface area contributed by atoms with Crippen LogP contribution in [0.3, 0.4) is 0 Å². The summed E-state index contributed by atoms with van der Waals surface area (Å²) in [6.07, 6.45) is 3.61. The van der Waals surface area contributed by atoms with Gasteiger partial charge in [0.2, 0.25) is 5.91 Å². The zero-order valence-electron chi connectivity index (χ0n) is 14.2. The number of nitrogens with zero attached hydrogens (tertiary/aromatic N) is 1. The SMILES string of the molecule is C[C@H]1CCCN(Cc2ccccc2CNC(=O)[C@@H]2CCNC2)C1. The number of hydrogen-bond donors (Lipinski definition) is 2. The number of carbonyl (C=O) groups is 1. The first kappa shape index (κ1) is 16.5. The molecule has 0 spiro atoms. The summed E-state index contributed by atoms with van der Waals surface area (Å²) in [5.74, 6) is 1.13. The molecule has 1 aromatic rings. The number of amides is 1. The van der Waals surface area contributed by atoms with Gasteiger partial charge in [0.15, 0.2) is 0 Å². The van der Waals surface area contributed by atoms with Crippen LogP contribution >= 0.6 is 0 Å². The van der Waals surface area contributed by atoms with Crippen LogP contribution in [0, 0.1) is 11.8 Å². The molecule has 2 saturated heterocycles. The van der Waals surface area contributed by atoms with Gasteiger partial charge in [-0.3, -0.25) is 9.69 Å². The van der Waals surface area contributed by atoms with E-state index in [1.165, 1.54) is 37.1 Å². The Labute approximate surface area is 139 Å². The molecule has 3 rings (SSSR count). The van der Waals surface area contributed by atoms with E-state index in [-0.39, 0.29) is 11.8 Å². The van der Waals surface area contributed by atoms with Gasteiger partial charge in [-0.25, -0.2) is 0 Å². The minimum atomic E-state index is 0.144. The lowest BCUT2D eigenvalue weighted by Gasteiger charge is -2.31. The Bertz CT molecular complexity index is 525. The largest absolute Gasteiger partial charge is 0.352 e. The first-order chi connectivity index (χ1) is 11.2. The lowest BCUT2D eigenvalue weighted by Crippen LogP contribution is -2.35. The van der Waals surface area contributed by atoms with Crippen molar-refractivity contribution in [3.8, 4) is 0 Å². The highest BCUT2D eigenvalue weighted by Gasteiger charge is 2.22. The number of benzene rings is 1. The Morgan fingerprint density at radius 2 is 2.13 bits per heavy atom. The standard InChI is InChI=1S/C19H29N3O/c1-15-5-4-10-22(13-15)14-18-7-3-2-6-16(18)12-21-19(23)17-8-9-20-11-17/h2-3,6-7,15,17,20H,4-5,8-14H2,1H3,(H,21,23)/t15-,17+/m0/s1. The average molecular weight is 315 g/mol. The van der Waals surface area contributed by atoms with E-state index in [0.29, 0.717) is 6.54 Å². The van der Waals surface area contributed by atoms with E-state index in [1.807, 2.05) is 0 Å². The maximum atomic E-state index is 12.2. The van der Waals surface area contributed by atoms with E-state index in [1.54, 1.807) is 0 Å². The van der Waals surface area contributed by atoms with Crippen LogP contribution in [-0.2, 0) is 17.9 Å².